The Morgan fingerprint density at radius 3 is 2.37 bits per heavy atom. The molecule has 0 bridgehead atoms. The standard InChI is InChI=1S/C20H14Br2Cl2FNO/c21-14-7-13(10-26-16-5-6-18(23)19(24)9-16)20(17(22)8-14)27-11-12-1-3-15(25)4-2-12/h1-9,26H,10-11H2. The molecule has 0 aliphatic heterocycles. The van der Waals surface area contributed by atoms with Crippen LogP contribution in [-0.4, -0.2) is 0 Å². The Morgan fingerprint density at radius 2 is 1.67 bits per heavy atom. The van der Waals surface area contributed by atoms with Crippen molar-refractivity contribution in [2.75, 3.05) is 5.32 Å². The van der Waals surface area contributed by atoms with E-state index in [4.69, 9.17) is 27.9 Å². The van der Waals surface area contributed by atoms with Crippen molar-refractivity contribution in [2.24, 2.45) is 0 Å². The summed E-state index contributed by atoms with van der Waals surface area (Å²) in [5.41, 5.74) is 2.68. The molecule has 0 aromatic heterocycles. The normalized spacial score (nSPS) is 10.7. The van der Waals surface area contributed by atoms with Crippen LogP contribution < -0.4 is 10.1 Å². The van der Waals surface area contributed by atoms with E-state index >= 15 is 0 Å². The van der Waals surface area contributed by atoms with Crippen molar-refractivity contribution in [3.63, 3.8) is 0 Å². The van der Waals surface area contributed by atoms with Crippen LogP contribution in [0.3, 0.4) is 0 Å². The minimum atomic E-state index is -0.268. The van der Waals surface area contributed by atoms with Crippen LogP contribution in [-0.2, 0) is 13.2 Å². The summed E-state index contributed by atoms with van der Waals surface area (Å²) in [4.78, 5) is 0. The van der Waals surface area contributed by atoms with Crippen LogP contribution in [0.15, 0.2) is 63.5 Å². The summed E-state index contributed by atoms with van der Waals surface area (Å²) in [5, 5.41) is 4.32. The maximum absolute atomic E-state index is 13.1. The maximum Gasteiger partial charge on any atom is 0.139 e. The lowest BCUT2D eigenvalue weighted by Gasteiger charge is -2.16. The van der Waals surface area contributed by atoms with E-state index < -0.39 is 0 Å². The maximum atomic E-state index is 13.1. The van der Waals surface area contributed by atoms with E-state index in [2.05, 4.69) is 37.2 Å². The second-order valence-electron chi connectivity index (χ2n) is 5.77. The minimum Gasteiger partial charge on any atom is -0.487 e. The molecule has 0 saturated heterocycles. The quantitative estimate of drug-likeness (QED) is 0.348. The second-order valence-corrected chi connectivity index (χ2v) is 8.36. The minimum absolute atomic E-state index is 0.268. The summed E-state index contributed by atoms with van der Waals surface area (Å²) in [7, 11) is 0. The van der Waals surface area contributed by atoms with Gasteiger partial charge in [-0.25, -0.2) is 4.39 Å². The highest BCUT2D eigenvalue weighted by Crippen LogP contribution is 2.34. The Morgan fingerprint density at radius 1 is 0.926 bits per heavy atom. The van der Waals surface area contributed by atoms with Gasteiger partial charge in [-0.2, -0.15) is 0 Å². The van der Waals surface area contributed by atoms with Gasteiger partial charge in [0.2, 0.25) is 0 Å². The van der Waals surface area contributed by atoms with Gasteiger partial charge in [-0.15, -0.1) is 0 Å². The fourth-order valence-electron chi connectivity index (χ4n) is 2.45. The van der Waals surface area contributed by atoms with Crippen LogP contribution in [0.2, 0.25) is 10.0 Å². The van der Waals surface area contributed by atoms with Crippen molar-refractivity contribution in [1.82, 2.24) is 0 Å². The molecule has 0 aliphatic rings. The van der Waals surface area contributed by atoms with Gasteiger partial charge in [0.25, 0.3) is 0 Å². The van der Waals surface area contributed by atoms with Gasteiger partial charge in [0.1, 0.15) is 18.2 Å². The van der Waals surface area contributed by atoms with E-state index in [-0.39, 0.29) is 5.82 Å². The number of benzene rings is 3. The summed E-state index contributed by atoms with van der Waals surface area (Å²) in [5.74, 6) is 0.449. The average Bonchev–Trinajstić information content (AvgIpc) is 2.63. The van der Waals surface area contributed by atoms with Gasteiger partial charge in [0, 0.05) is 22.3 Å². The largest absolute Gasteiger partial charge is 0.487 e. The van der Waals surface area contributed by atoms with Crippen LogP contribution in [0.5, 0.6) is 5.75 Å². The number of ether oxygens (including phenoxy) is 1. The first-order chi connectivity index (χ1) is 12.9. The van der Waals surface area contributed by atoms with E-state index in [1.807, 2.05) is 18.2 Å². The molecule has 0 unspecified atom stereocenters. The van der Waals surface area contributed by atoms with Gasteiger partial charge in [-0.1, -0.05) is 51.3 Å². The van der Waals surface area contributed by atoms with Crippen molar-refractivity contribution in [2.45, 2.75) is 13.2 Å². The second kappa shape index (κ2) is 9.28. The third-order valence-electron chi connectivity index (χ3n) is 3.78. The Labute approximate surface area is 183 Å². The molecule has 3 aromatic rings. The van der Waals surface area contributed by atoms with E-state index in [1.165, 1.54) is 12.1 Å². The molecule has 2 nitrogen and oxygen atoms in total. The monoisotopic (exact) mass is 531 g/mol. The first kappa shape index (κ1) is 20.5. The van der Waals surface area contributed by atoms with Crippen LogP contribution in [0.1, 0.15) is 11.1 Å². The number of anilines is 1. The summed E-state index contributed by atoms with van der Waals surface area (Å²) >= 11 is 19.1. The van der Waals surface area contributed by atoms with Gasteiger partial charge in [0.05, 0.1) is 14.5 Å². The SMILES string of the molecule is Fc1ccc(COc2c(Br)cc(Br)cc2CNc2ccc(Cl)c(Cl)c2)cc1. The molecule has 0 amide bonds. The molecule has 1 N–H and O–H groups in total. The molecule has 0 atom stereocenters. The van der Waals surface area contributed by atoms with Crippen molar-refractivity contribution in [3.05, 3.63) is 90.5 Å². The van der Waals surface area contributed by atoms with E-state index in [1.54, 1.807) is 24.3 Å². The van der Waals surface area contributed by atoms with Gasteiger partial charge in [0.15, 0.2) is 0 Å². The predicted octanol–water partition coefficient (Wildman–Crippen LogP) is 7.85. The zero-order valence-corrected chi connectivity index (χ0v) is 18.6. The summed E-state index contributed by atoms with van der Waals surface area (Å²) in [6.45, 7) is 0.856. The molecule has 7 heteroatoms. The fourth-order valence-corrected chi connectivity index (χ4v) is 4.17. The smallest absolute Gasteiger partial charge is 0.139 e. The molecule has 3 aromatic carbocycles. The molecule has 27 heavy (non-hydrogen) atoms. The third-order valence-corrected chi connectivity index (χ3v) is 5.57. The van der Waals surface area contributed by atoms with E-state index in [9.17, 15) is 4.39 Å². The molecular weight excluding hydrogens is 520 g/mol. The number of halogens is 5. The van der Waals surface area contributed by atoms with Gasteiger partial charge in [-0.05, 0) is 64.0 Å². The lowest BCUT2D eigenvalue weighted by atomic mass is 10.2. The van der Waals surface area contributed by atoms with Crippen LogP contribution in [0.4, 0.5) is 10.1 Å². The third kappa shape index (κ3) is 5.61. The Bertz CT molecular complexity index is 951. The number of hydrogen-bond donors (Lipinski definition) is 1. The zero-order chi connectivity index (χ0) is 19.4. The molecule has 0 spiro atoms. The van der Waals surface area contributed by atoms with Crippen molar-refractivity contribution in [1.29, 1.82) is 0 Å². The van der Waals surface area contributed by atoms with Crippen molar-refractivity contribution in [3.8, 4) is 5.75 Å². The lowest BCUT2D eigenvalue weighted by molar-refractivity contribution is 0.301. The number of rotatable bonds is 6. The highest BCUT2D eigenvalue weighted by atomic mass is 79.9. The first-order valence-electron chi connectivity index (χ1n) is 7.96. The van der Waals surface area contributed by atoms with Crippen LogP contribution >= 0.6 is 55.1 Å². The Hall–Kier alpha value is -1.27. The molecule has 0 fully saturated rings. The molecule has 3 rings (SSSR count). The van der Waals surface area contributed by atoms with Crippen molar-refractivity contribution < 1.29 is 9.13 Å². The first-order valence-corrected chi connectivity index (χ1v) is 10.3. The summed E-state index contributed by atoms with van der Waals surface area (Å²) < 4.78 is 20.8. The topological polar surface area (TPSA) is 21.3 Å². The van der Waals surface area contributed by atoms with Gasteiger partial charge >= 0.3 is 0 Å². The fraction of sp³-hybridized carbons (Fsp3) is 0.100. The molecular formula is C20H14Br2Cl2FNO. The molecule has 0 saturated carbocycles. The molecule has 0 aliphatic carbocycles. The highest BCUT2D eigenvalue weighted by molar-refractivity contribution is 9.11. The van der Waals surface area contributed by atoms with E-state index in [0.717, 1.165) is 31.5 Å². The van der Waals surface area contributed by atoms with Crippen LogP contribution in [0, 0.1) is 5.82 Å². The lowest BCUT2D eigenvalue weighted by Crippen LogP contribution is -2.05. The molecule has 0 heterocycles. The van der Waals surface area contributed by atoms with Gasteiger partial charge in [-0.3, -0.25) is 0 Å². The molecule has 140 valence electrons. The van der Waals surface area contributed by atoms with Crippen molar-refractivity contribution >= 4 is 60.7 Å². The Balaban J connectivity index is 1.77. The number of hydrogen-bond acceptors (Lipinski definition) is 2. The average molecular weight is 534 g/mol. The Kier molecular flexibility index (Phi) is 7.04. The number of nitrogens with one attached hydrogen (secondary N) is 1. The van der Waals surface area contributed by atoms with Crippen LogP contribution in [0.25, 0.3) is 0 Å². The predicted molar refractivity (Wildman–Crippen MR) is 116 cm³/mol. The zero-order valence-electron chi connectivity index (χ0n) is 13.9. The summed E-state index contributed by atoms with van der Waals surface area (Å²) in [6, 6.07) is 15.5. The van der Waals surface area contributed by atoms with E-state index in [0.29, 0.717) is 23.2 Å². The summed E-state index contributed by atoms with van der Waals surface area (Å²) in [6.07, 6.45) is 0. The molecule has 0 radical (unpaired) electrons. The van der Waals surface area contributed by atoms with Gasteiger partial charge < -0.3 is 10.1 Å². The highest BCUT2D eigenvalue weighted by Gasteiger charge is 2.11.